The zero-order valence-electron chi connectivity index (χ0n) is 17.6. The highest BCUT2D eigenvalue weighted by Crippen LogP contribution is 2.30. The number of nitrogens with one attached hydrogen (secondary N) is 1. The normalized spacial score (nSPS) is 11.4. The van der Waals surface area contributed by atoms with Gasteiger partial charge in [-0.2, -0.15) is 9.61 Å². The molecule has 0 aliphatic heterocycles. The minimum atomic E-state index is -0.345. The molecular weight excluding hydrogens is 383 g/mol. The number of fused-ring (bicyclic) bond motifs is 1. The molecule has 156 valence electrons. The third-order valence-corrected chi connectivity index (χ3v) is 5.32. The number of aromatic nitrogens is 5. The van der Waals surface area contributed by atoms with Gasteiger partial charge in [-0.05, 0) is 56.3 Å². The maximum Gasteiger partial charge on any atom is 0.177 e. The lowest BCUT2D eigenvalue weighted by molar-refractivity contribution is 0.321. The standard InChI is InChI=1S/C22H25FN6O/c1-14-13-28(4)15(2)17(14)9-10-30-20-11-16(23)5-6-18(20)19-7-8-21-25-26-22(12-24-3)29(21)27-19/h5-8,11,13,24H,9-10,12H2,1-4H3. The Labute approximate surface area is 174 Å². The average molecular weight is 408 g/mol. The number of hydrogen-bond donors (Lipinski definition) is 1. The Bertz CT molecular complexity index is 1200. The van der Waals surface area contributed by atoms with Gasteiger partial charge in [-0.1, -0.05) is 0 Å². The molecule has 30 heavy (non-hydrogen) atoms. The summed E-state index contributed by atoms with van der Waals surface area (Å²) in [7, 11) is 3.87. The lowest BCUT2D eigenvalue weighted by atomic mass is 10.1. The molecular formula is C22H25FN6O. The van der Waals surface area contributed by atoms with Crippen LogP contribution in [0.15, 0.2) is 36.5 Å². The van der Waals surface area contributed by atoms with Gasteiger partial charge in [0, 0.05) is 37.0 Å². The Kier molecular flexibility index (Phi) is 5.50. The number of rotatable bonds is 7. The molecule has 1 N–H and O–H groups in total. The summed E-state index contributed by atoms with van der Waals surface area (Å²) in [5.41, 5.74) is 5.76. The smallest absolute Gasteiger partial charge is 0.177 e. The van der Waals surface area contributed by atoms with E-state index in [4.69, 9.17) is 4.74 Å². The Balaban J connectivity index is 1.62. The summed E-state index contributed by atoms with van der Waals surface area (Å²) >= 11 is 0. The Morgan fingerprint density at radius 3 is 2.70 bits per heavy atom. The first-order chi connectivity index (χ1) is 14.5. The fourth-order valence-electron chi connectivity index (χ4n) is 3.68. The van der Waals surface area contributed by atoms with Crippen LogP contribution in [0.3, 0.4) is 0 Å². The molecule has 7 nitrogen and oxygen atoms in total. The van der Waals surface area contributed by atoms with Crippen molar-refractivity contribution in [2.24, 2.45) is 7.05 Å². The Morgan fingerprint density at radius 2 is 1.97 bits per heavy atom. The van der Waals surface area contributed by atoms with Gasteiger partial charge in [0.05, 0.1) is 18.8 Å². The van der Waals surface area contributed by atoms with Crippen molar-refractivity contribution in [1.82, 2.24) is 29.7 Å². The molecule has 4 rings (SSSR count). The summed E-state index contributed by atoms with van der Waals surface area (Å²) in [6, 6.07) is 8.21. The summed E-state index contributed by atoms with van der Waals surface area (Å²) < 4.78 is 23.8. The fraction of sp³-hybridized carbons (Fsp3) is 0.318. The van der Waals surface area contributed by atoms with E-state index < -0.39 is 0 Å². The molecule has 1 aromatic carbocycles. The predicted molar refractivity (Wildman–Crippen MR) is 113 cm³/mol. The zero-order valence-corrected chi connectivity index (χ0v) is 17.6. The summed E-state index contributed by atoms with van der Waals surface area (Å²) in [6.45, 7) is 5.18. The van der Waals surface area contributed by atoms with E-state index in [1.807, 2.05) is 26.2 Å². The number of nitrogens with zero attached hydrogens (tertiary/aromatic N) is 5. The molecule has 0 fully saturated rings. The summed E-state index contributed by atoms with van der Waals surface area (Å²) in [6.07, 6.45) is 2.86. The van der Waals surface area contributed by atoms with Crippen molar-refractivity contribution >= 4 is 5.65 Å². The van der Waals surface area contributed by atoms with Gasteiger partial charge in [0.15, 0.2) is 11.5 Å². The van der Waals surface area contributed by atoms with Crippen molar-refractivity contribution in [3.05, 3.63) is 65.0 Å². The van der Waals surface area contributed by atoms with Crippen LogP contribution in [0.25, 0.3) is 16.9 Å². The van der Waals surface area contributed by atoms with E-state index in [0.29, 0.717) is 36.1 Å². The van der Waals surface area contributed by atoms with Crippen molar-refractivity contribution in [2.45, 2.75) is 26.8 Å². The number of aryl methyl sites for hydroxylation is 2. The molecule has 8 heteroatoms. The van der Waals surface area contributed by atoms with Crippen molar-refractivity contribution < 1.29 is 9.13 Å². The molecule has 0 bridgehead atoms. The molecule has 0 spiro atoms. The van der Waals surface area contributed by atoms with Gasteiger partial charge in [0.2, 0.25) is 0 Å². The van der Waals surface area contributed by atoms with Crippen molar-refractivity contribution in [3.63, 3.8) is 0 Å². The molecule has 3 heterocycles. The van der Waals surface area contributed by atoms with E-state index in [1.54, 1.807) is 10.6 Å². The second kappa shape index (κ2) is 8.23. The number of hydrogen-bond acceptors (Lipinski definition) is 5. The molecule has 0 unspecified atom stereocenters. The maximum absolute atomic E-state index is 14.0. The minimum absolute atomic E-state index is 0.345. The predicted octanol–water partition coefficient (Wildman–Crippen LogP) is 3.23. The lowest BCUT2D eigenvalue weighted by Crippen LogP contribution is -2.10. The van der Waals surface area contributed by atoms with Crippen LogP contribution in [0.1, 0.15) is 22.6 Å². The first-order valence-electron chi connectivity index (χ1n) is 9.88. The minimum Gasteiger partial charge on any atom is -0.492 e. The zero-order chi connectivity index (χ0) is 21.3. The molecule has 0 amide bonds. The van der Waals surface area contributed by atoms with Gasteiger partial charge in [0.25, 0.3) is 0 Å². The first kappa shape index (κ1) is 20.0. The number of halogens is 1. The molecule has 0 aliphatic carbocycles. The van der Waals surface area contributed by atoms with Gasteiger partial charge in [-0.25, -0.2) is 4.39 Å². The van der Waals surface area contributed by atoms with Crippen molar-refractivity contribution in [2.75, 3.05) is 13.7 Å². The van der Waals surface area contributed by atoms with Crippen molar-refractivity contribution in [3.8, 4) is 17.0 Å². The molecule has 0 atom stereocenters. The topological polar surface area (TPSA) is 69.3 Å². The van der Waals surface area contributed by atoms with Crippen LogP contribution in [-0.2, 0) is 20.0 Å². The third-order valence-electron chi connectivity index (χ3n) is 5.32. The molecule has 0 aliphatic rings. The van der Waals surface area contributed by atoms with E-state index >= 15 is 0 Å². The molecule has 3 aromatic heterocycles. The Morgan fingerprint density at radius 1 is 1.13 bits per heavy atom. The largest absolute Gasteiger partial charge is 0.492 e. The Hall–Kier alpha value is -3.26. The highest BCUT2D eigenvalue weighted by molar-refractivity contribution is 5.67. The van der Waals surface area contributed by atoms with Crippen LogP contribution in [0, 0.1) is 19.7 Å². The monoisotopic (exact) mass is 408 g/mol. The SMILES string of the molecule is CNCc1nnc2ccc(-c3ccc(F)cc3OCCc3c(C)cn(C)c3C)nn12. The first-order valence-corrected chi connectivity index (χ1v) is 9.88. The van der Waals surface area contributed by atoms with Crippen LogP contribution >= 0.6 is 0 Å². The van der Waals surface area contributed by atoms with Gasteiger partial charge >= 0.3 is 0 Å². The molecule has 4 aromatic rings. The van der Waals surface area contributed by atoms with Gasteiger partial charge in [-0.3, -0.25) is 0 Å². The summed E-state index contributed by atoms with van der Waals surface area (Å²) in [5.74, 6) is 0.826. The number of ether oxygens (including phenoxy) is 1. The third kappa shape index (κ3) is 3.78. The highest BCUT2D eigenvalue weighted by Gasteiger charge is 2.14. The van der Waals surface area contributed by atoms with Gasteiger partial charge in [0.1, 0.15) is 11.6 Å². The van der Waals surface area contributed by atoms with E-state index in [-0.39, 0.29) is 5.82 Å². The second-order valence-corrected chi connectivity index (χ2v) is 7.36. The van der Waals surface area contributed by atoms with Crippen LogP contribution in [0.5, 0.6) is 5.75 Å². The molecule has 0 saturated carbocycles. The van der Waals surface area contributed by atoms with Gasteiger partial charge in [-0.15, -0.1) is 10.2 Å². The quantitative estimate of drug-likeness (QED) is 0.509. The van der Waals surface area contributed by atoms with Crippen LogP contribution < -0.4 is 10.1 Å². The van der Waals surface area contributed by atoms with Crippen LogP contribution in [0.4, 0.5) is 4.39 Å². The van der Waals surface area contributed by atoms with Crippen molar-refractivity contribution in [1.29, 1.82) is 0 Å². The van der Waals surface area contributed by atoms with E-state index in [0.717, 1.165) is 12.0 Å². The van der Waals surface area contributed by atoms with E-state index in [1.165, 1.54) is 29.0 Å². The number of benzene rings is 1. The summed E-state index contributed by atoms with van der Waals surface area (Å²) in [4.78, 5) is 0. The fourth-order valence-corrected chi connectivity index (χ4v) is 3.68. The lowest BCUT2D eigenvalue weighted by Gasteiger charge is -2.12. The summed E-state index contributed by atoms with van der Waals surface area (Å²) in [5, 5.41) is 16.0. The van der Waals surface area contributed by atoms with Crippen LogP contribution in [-0.4, -0.2) is 38.0 Å². The highest BCUT2D eigenvalue weighted by atomic mass is 19.1. The van der Waals surface area contributed by atoms with Crippen LogP contribution in [0.2, 0.25) is 0 Å². The molecule has 0 radical (unpaired) electrons. The molecule has 0 saturated heterocycles. The average Bonchev–Trinajstić information content (AvgIpc) is 3.23. The maximum atomic E-state index is 14.0. The second-order valence-electron chi connectivity index (χ2n) is 7.36. The van der Waals surface area contributed by atoms with E-state index in [9.17, 15) is 4.39 Å². The van der Waals surface area contributed by atoms with Gasteiger partial charge < -0.3 is 14.6 Å². The van der Waals surface area contributed by atoms with E-state index in [2.05, 4.69) is 45.2 Å².